The molecule has 0 spiro atoms. The number of para-hydroxylation sites is 1. The molecule has 132 valence electrons. The Morgan fingerprint density at radius 2 is 1.77 bits per heavy atom. The van der Waals surface area contributed by atoms with Gasteiger partial charge in [-0.25, -0.2) is 0 Å². The van der Waals surface area contributed by atoms with E-state index in [0.29, 0.717) is 11.3 Å². The van der Waals surface area contributed by atoms with Gasteiger partial charge < -0.3 is 14.5 Å². The Balaban J connectivity index is 1.53. The van der Waals surface area contributed by atoms with Crippen molar-refractivity contribution in [2.75, 3.05) is 11.9 Å². The first-order valence-electron chi connectivity index (χ1n) is 8.05. The highest BCUT2D eigenvalue weighted by Gasteiger charge is 2.15. The molecule has 0 radical (unpaired) electrons. The Morgan fingerprint density at radius 1 is 1.04 bits per heavy atom. The standard InChI is InChI=1S/C20H17NO5/c1-13(22)21-16-8-6-14(7-9-16)10-20(24)25-12-17(23)19-11-15-4-2-3-5-18(15)26-19/h2-9,11H,10,12H2,1H3,(H,21,22). The normalized spacial score (nSPS) is 10.5. The van der Waals surface area contributed by atoms with E-state index in [0.717, 1.165) is 10.9 Å². The number of Topliss-reactive ketones (excluding diaryl/α,β-unsaturated/α-hetero) is 1. The number of carbonyl (C=O) groups excluding carboxylic acids is 3. The molecule has 0 aliphatic carbocycles. The summed E-state index contributed by atoms with van der Waals surface area (Å²) in [5.74, 6) is -0.905. The van der Waals surface area contributed by atoms with Gasteiger partial charge in [0.25, 0.3) is 0 Å². The van der Waals surface area contributed by atoms with Crippen molar-refractivity contribution in [1.29, 1.82) is 0 Å². The molecule has 0 fully saturated rings. The van der Waals surface area contributed by atoms with E-state index in [1.54, 1.807) is 36.4 Å². The molecule has 1 aromatic heterocycles. The molecule has 1 N–H and O–H groups in total. The van der Waals surface area contributed by atoms with Crippen LogP contribution >= 0.6 is 0 Å². The van der Waals surface area contributed by atoms with Crippen molar-refractivity contribution in [2.45, 2.75) is 13.3 Å². The van der Waals surface area contributed by atoms with Gasteiger partial charge in [-0.3, -0.25) is 14.4 Å². The van der Waals surface area contributed by atoms with Gasteiger partial charge in [-0.2, -0.15) is 0 Å². The number of anilines is 1. The zero-order chi connectivity index (χ0) is 18.5. The lowest BCUT2D eigenvalue weighted by molar-refractivity contribution is -0.141. The van der Waals surface area contributed by atoms with Gasteiger partial charge in [0.2, 0.25) is 11.7 Å². The quantitative estimate of drug-likeness (QED) is 0.544. The molecular weight excluding hydrogens is 334 g/mol. The first-order valence-corrected chi connectivity index (χ1v) is 8.05. The smallest absolute Gasteiger partial charge is 0.310 e. The zero-order valence-electron chi connectivity index (χ0n) is 14.2. The van der Waals surface area contributed by atoms with Crippen molar-refractivity contribution < 1.29 is 23.5 Å². The van der Waals surface area contributed by atoms with Crippen LogP contribution in [0.1, 0.15) is 23.0 Å². The van der Waals surface area contributed by atoms with Crippen LogP contribution < -0.4 is 5.32 Å². The molecule has 3 aromatic rings. The summed E-state index contributed by atoms with van der Waals surface area (Å²) < 4.78 is 10.5. The lowest BCUT2D eigenvalue weighted by Gasteiger charge is -2.05. The van der Waals surface area contributed by atoms with Gasteiger partial charge in [0.05, 0.1) is 6.42 Å². The minimum absolute atomic E-state index is 0.0355. The predicted octanol–water partition coefficient (Wildman–Crippen LogP) is 3.36. The molecule has 1 amide bonds. The first-order chi connectivity index (χ1) is 12.5. The third-order valence-corrected chi connectivity index (χ3v) is 3.69. The molecule has 0 aliphatic heterocycles. The average Bonchev–Trinajstić information content (AvgIpc) is 3.05. The molecule has 0 bridgehead atoms. The van der Waals surface area contributed by atoms with E-state index in [2.05, 4.69) is 5.32 Å². The second-order valence-electron chi connectivity index (χ2n) is 5.79. The summed E-state index contributed by atoms with van der Waals surface area (Å²) in [6, 6.07) is 15.7. The summed E-state index contributed by atoms with van der Waals surface area (Å²) >= 11 is 0. The molecule has 2 aromatic carbocycles. The van der Waals surface area contributed by atoms with E-state index in [4.69, 9.17) is 9.15 Å². The summed E-state index contributed by atoms with van der Waals surface area (Å²) in [5, 5.41) is 3.47. The van der Waals surface area contributed by atoms with Crippen molar-refractivity contribution in [3.8, 4) is 0 Å². The summed E-state index contributed by atoms with van der Waals surface area (Å²) in [7, 11) is 0. The highest BCUT2D eigenvalue weighted by Crippen LogP contribution is 2.19. The maximum absolute atomic E-state index is 12.1. The van der Waals surface area contributed by atoms with Crippen LogP contribution in [0.4, 0.5) is 5.69 Å². The number of benzene rings is 2. The fourth-order valence-corrected chi connectivity index (χ4v) is 2.46. The van der Waals surface area contributed by atoms with Crippen LogP contribution in [0, 0.1) is 0 Å². The second kappa shape index (κ2) is 7.65. The van der Waals surface area contributed by atoms with Crippen molar-refractivity contribution in [2.24, 2.45) is 0 Å². The monoisotopic (exact) mass is 351 g/mol. The number of ketones is 1. The molecule has 0 aliphatic rings. The van der Waals surface area contributed by atoms with Crippen LogP contribution in [0.3, 0.4) is 0 Å². The predicted molar refractivity (Wildman–Crippen MR) is 96.0 cm³/mol. The molecule has 6 heteroatoms. The summed E-state index contributed by atoms with van der Waals surface area (Å²) in [6.45, 7) is 1.05. The van der Waals surface area contributed by atoms with E-state index >= 15 is 0 Å². The van der Waals surface area contributed by atoms with Crippen molar-refractivity contribution in [3.63, 3.8) is 0 Å². The lowest BCUT2D eigenvalue weighted by atomic mass is 10.1. The molecule has 0 saturated carbocycles. The topological polar surface area (TPSA) is 85.6 Å². The maximum atomic E-state index is 12.1. The maximum Gasteiger partial charge on any atom is 0.310 e. The Morgan fingerprint density at radius 3 is 2.46 bits per heavy atom. The number of rotatable bonds is 6. The Hall–Kier alpha value is -3.41. The van der Waals surface area contributed by atoms with Crippen LogP contribution in [0.15, 0.2) is 59.0 Å². The number of furan rings is 1. The third-order valence-electron chi connectivity index (χ3n) is 3.69. The number of nitrogens with one attached hydrogen (secondary N) is 1. The number of esters is 1. The molecular formula is C20H17NO5. The molecule has 1 heterocycles. The summed E-state index contributed by atoms with van der Waals surface area (Å²) in [4.78, 5) is 35.0. The van der Waals surface area contributed by atoms with E-state index < -0.39 is 11.8 Å². The van der Waals surface area contributed by atoms with E-state index in [-0.39, 0.29) is 24.7 Å². The number of ether oxygens (including phenoxy) is 1. The van der Waals surface area contributed by atoms with Crippen LogP contribution in [-0.2, 0) is 20.7 Å². The average molecular weight is 351 g/mol. The van der Waals surface area contributed by atoms with Gasteiger partial charge >= 0.3 is 5.97 Å². The van der Waals surface area contributed by atoms with Crippen LogP contribution in [0.5, 0.6) is 0 Å². The summed E-state index contributed by atoms with van der Waals surface area (Å²) in [5.41, 5.74) is 1.98. The van der Waals surface area contributed by atoms with E-state index in [1.165, 1.54) is 6.92 Å². The number of hydrogen-bond acceptors (Lipinski definition) is 5. The highest BCUT2D eigenvalue weighted by molar-refractivity contribution is 5.99. The summed E-state index contributed by atoms with van der Waals surface area (Å²) in [6.07, 6.45) is 0.0355. The van der Waals surface area contributed by atoms with Gasteiger partial charge in [-0.05, 0) is 29.8 Å². The number of hydrogen-bond donors (Lipinski definition) is 1. The van der Waals surface area contributed by atoms with Gasteiger partial charge in [0.15, 0.2) is 12.4 Å². The van der Waals surface area contributed by atoms with Crippen LogP contribution in [0.2, 0.25) is 0 Å². The minimum Gasteiger partial charge on any atom is -0.457 e. The Labute approximate surface area is 149 Å². The fourth-order valence-electron chi connectivity index (χ4n) is 2.46. The van der Waals surface area contributed by atoms with Gasteiger partial charge in [-0.15, -0.1) is 0 Å². The number of fused-ring (bicyclic) bond motifs is 1. The van der Waals surface area contributed by atoms with Crippen molar-refractivity contribution in [1.82, 2.24) is 0 Å². The van der Waals surface area contributed by atoms with Gasteiger partial charge in [0, 0.05) is 18.0 Å². The fraction of sp³-hybridized carbons (Fsp3) is 0.150. The van der Waals surface area contributed by atoms with Crippen LogP contribution in [-0.4, -0.2) is 24.3 Å². The van der Waals surface area contributed by atoms with Gasteiger partial charge in [0.1, 0.15) is 5.58 Å². The molecule has 6 nitrogen and oxygen atoms in total. The third kappa shape index (κ3) is 4.36. The highest BCUT2D eigenvalue weighted by atomic mass is 16.5. The first kappa shape index (κ1) is 17.4. The molecule has 0 unspecified atom stereocenters. The van der Waals surface area contributed by atoms with E-state index in [1.807, 2.05) is 18.2 Å². The molecule has 0 atom stereocenters. The van der Waals surface area contributed by atoms with Crippen molar-refractivity contribution >= 4 is 34.3 Å². The van der Waals surface area contributed by atoms with Gasteiger partial charge in [-0.1, -0.05) is 30.3 Å². The molecule has 3 rings (SSSR count). The Kier molecular flexibility index (Phi) is 5.12. The molecule has 0 saturated heterocycles. The lowest BCUT2D eigenvalue weighted by Crippen LogP contribution is -2.15. The second-order valence-corrected chi connectivity index (χ2v) is 5.79. The zero-order valence-corrected chi connectivity index (χ0v) is 14.2. The minimum atomic E-state index is -0.512. The molecule has 26 heavy (non-hydrogen) atoms. The largest absolute Gasteiger partial charge is 0.457 e. The van der Waals surface area contributed by atoms with Crippen molar-refractivity contribution in [3.05, 3.63) is 65.9 Å². The number of carbonyl (C=O) groups is 3. The number of amides is 1. The van der Waals surface area contributed by atoms with Crippen LogP contribution in [0.25, 0.3) is 11.0 Å². The Bertz CT molecular complexity index is 923. The SMILES string of the molecule is CC(=O)Nc1ccc(CC(=O)OCC(=O)c2cc3ccccc3o2)cc1. The van der Waals surface area contributed by atoms with E-state index in [9.17, 15) is 14.4 Å².